The highest BCUT2D eigenvalue weighted by molar-refractivity contribution is 6.30. The van der Waals surface area contributed by atoms with E-state index in [2.05, 4.69) is 0 Å². The monoisotopic (exact) mass is 291 g/mol. The molecule has 3 nitrogen and oxygen atoms in total. The van der Waals surface area contributed by atoms with Crippen molar-refractivity contribution in [2.75, 3.05) is 19.7 Å². The van der Waals surface area contributed by atoms with Gasteiger partial charge in [-0.15, -0.1) is 0 Å². The third kappa shape index (κ3) is 3.42. The van der Waals surface area contributed by atoms with Crippen LogP contribution in [0.2, 0.25) is 5.02 Å². The Morgan fingerprint density at radius 2 is 2.21 bits per heavy atom. The van der Waals surface area contributed by atoms with Gasteiger partial charge in [0.25, 0.3) is 0 Å². The van der Waals surface area contributed by atoms with Crippen LogP contribution >= 0.6 is 11.6 Å². The van der Waals surface area contributed by atoms with Gasteiger partial charge in [-0.25, -0.2) is 8.78 Å². The lowest BCUT2D eigenvalue weighted by Crippen LogP contribution is -2.35. The zero-order valence-corrected chi connectivity index (χ0v) is 11.0. The molecule has 106 valence electrons. The Labute approximate surface area is 115 Å². The minimum absolute atomic E-state index is 0.00539. The third-order valence-electron chi connectivity index (χ3n) is 3.42. The number of β-amino-alcohol motifs (C(OH)–C–C–N with tert-alkyl or cyclic N) is 1. The van der Waals surface area contributed by atoms with Crippen molar-refractivity contribution in [1.29, 1.82) is 0 Å². The van der Waals surface area contributed by atoms with Crippen LogP contribution in [-0.4, -0.2) is 47.0 Å². The second-order valence-electron chi connectivity index (χ2n) is 4.81. The molecule has 19 heavy (non-hydrogen) atoms. The van der Waals surface area contributed by atoms with Gasteiger partial charge < -0.3 is 10.2 Å². The van der Waals surface area contributed by atoms with Gasteiger partial charge in [0.15, 0.2) is 0 Å². The first-order chi connectivity index (χ1) is 9.01. The maximum Gasteiger partial charge on any atom is 0.142 e. The molecular formula is C13H16ClF2NO2. The lowest BCUT2D eigenvalue weighted by Gasteiger charge is -2.25. The van der Waals surface area contributed by atoms with E-state index >= 15 is 0 Å². The first kappa shape index (κ1) is 14.7. The van der Waals surface area contributed by atoms with Gasteiger partial charge in [-0.2, -0.15) is 0 Å². The van der Waals surface area contributed by atoms with Crippen molar-refractivity contribution < 1.29 is 19.0 Å². The van der Waals surface area contributed by atoms with Crippen LogP contribution in [0.1, 0.15) is 18.1 Å². The smallest absolute Gasteiger partial charge is 0.142 e. The van der Waals surface area contributed by atoms with E-state index in [9.17, 15) is 13.9 Å². The molecule has 1 aliphatic rings. The Hall–Kier alpha value is -0.750. The molecule has 3 atom stereocenters. The quantitative estimate of drug-likeness (QED) is 0.891. The molecule has 0 spiro atoms. The molecule has 1 fully saturated rings. The number of halogens is 3. The number of likely N-dealkylation sites (tertiary alicyclic amines) is 1. The molecule has 0 radical (unpaired) electrons. The number of rotatable bonds is 4. The van der Waals surface area contributed by atoms with Crippen LogP contribution in [0.4, 0.5) is 8.78 Å². The van der Waals surface area contributed by atoms with Gasteiger partial charge in [0, 0.05) is 19.1 Å². The summed E-state index contributed by atoms with van der Waals surface area (Å²) in [5.74, 6) is -0.596. The van der Waals surface area contributed by atoms with E-state index in [0.717, 1.165) is 0 Å². The molecule has 0 saturated carbocycles. The highest BCUT2D eigenvalue weighted by Gasteiger charge is 2.32. The summed E-state index contributed by atoms with van der Waals surface area (Å²) in [5.41, 5.74) is 0.390. The van der Waals surface area contributed by atoms with Crippen LogP contribution in [0, 0.1) is 5.82 Å². The van der Waals surface area contributed by atoms with Crippen molar-refractivity contribution in [2.45, 2.75) is 24.7 Å². The highest BCUT2D eigenvalue weighted by Crippen LogP contribution is 2.25. The Morgan fingerprint density at radius 3 is 2.84 bits per heavy atom. The van der Waals surface area contributed by atoms with Gasteiger partial charge in [0.2, 0.25) is 0 Å². The maximum atomic E-state index is 13.3. The minimum atomic E-state index is -0.994. The predicted molar refractivity (Wildman–Crippen MR) is 68.3 cm³/mol. The summed E-state index contributed by atoms with van der Waals surface area (Å²) in [7, 11) is 0. The molecule has 1 heterocycles. The maximum absolute atomic E-state index is 13.3. The summed E-state index contributed by atoms with van der Waals surface area (Å²) in [5, 5.41) is 19.2. The van der Waals surface area contributed by atoms with E-state index in [-0.39, 0.29) is 37.2 Å². The summed E-state index contributed by atoms with van der Waals surface area (Å²) in [6.45, 7) is 0.188. The second-order valence-corrected chi connectivity index (χ2v) is 5.22. The van der Waals surface area contributed by atoms with Crippen molar-refractivity contribution in [2.24, 2.45) is 0 Å². The van der Waals surface area contributed by atoms with Crippen LogP contribution in [0.5, 0.6) is 0 Å². The zero-order valence-electron chi connectivity index (χ0n) is 10.3. The molecule has 2 N–H and O–H groups in total. The fourth-order valence-corrected chi connectivity index (χ4v) is 2.50. The lowest BCUT2D eigenvalue weighted by atomic mass is 10.1. The number of nitrogens with zero attached hydrogens (tertiary/aromatic N) is 1. The summed E-state index contributed by atoms with van der Waals surface area (Å²) in [4.78, 5) is 1.68. The molecule has 0 amide bonds. The Balaban J connectivity index is 2.04. The number of aliphatic hydroxyl groups excluding tert-OH is 2. The predicted octanol–water partition coefficient (Wildman–Crippen LogP) is 1.92. The molecule has 0 aromatic heterocycles. The van der Waals surface area contributed by atoms with Gasteiger partial charge in [-0.05, 0) is 24.1 Å². The molecule has 3 unspecified atom stereocenters. The van der Waals surface area contributed by atoms with Crippen LogP contribution in [0.3, 0.4) is 0 Å². The first-order valence-corrected chi connectivity index (χ1v) is 6.51. The SMILES string of the molecule is OCC1CC(F)CN1CC(O)c1ccc(Cl)c(F)c1. The van der Waals surface area contributed by atoms with Crippen molar-refractivity contribution >= 4 is 11.6 Å². The minimum Gasteiger partial charge on any atom is -0.395 e. The average molecular weight is 292 g/mol. The molecule has 6 heteroatoms. The van der Waals surface area contributed by atoms with Crippen LogP contribution in [-0.2, 0) is 0 Å². The van der Waals surface area contributed by atoms with Crippen molar-refractivity contribution in [3.63, 3.8) is 0 Å². The van der Waals surface area contributed by atoms with Crippen LogP contribution in [0.25, 0.3) is 0 Å². The fraction of sp³-hybridized carbons (Fsp3) is 0.538. The van der Waals surface area contributed by atoms with Crippen LogP contribution in [0.15, 0.2) is 18.2 Å². The number of hydrogen-bond donors (Lipinski definition) is 2. The van der Waals surface area contributed by atoms with E-state index in [4.69, 9.17) is 16.7 Å². The number of benzene rings is 1. The molecular weight excluding hydrogens is 276 g/mol. The number of aliphatic hydroxyl groups is 2. The van der Waals surface area contributed by atoms with Crippen molar-refractivity contribution in [3.8, 4) is 0 Å². The third-order valence-corrected chi connectivity index (χ3v) is 3.73. The normalized spacial score (nSPS) is 25.7. The molecule has 0 aliphatic carbocycles. The van der Waals surface area contributed by atoms with E-state index in [1.807, 2.05) is 0 Å². The molecule has 1 aromatic rings. The molecule has 0 bridgehead atoms. The average Bonchev–Trinajstić information content (AvgIpc) is 2.72. The number of alkyl halides is 1. The summed E-state index contributed by atoms with van der Waals surface area (Å²) >= 11 is 5.57. The van der Waals surface area contributed by atoms with Gasteiger partial charge in [0.05, 0.1) is 17.7 Å². The van der Waals surface area contributed by atoms with Gasteiger partial charge in [-0.1, -0.05) is 17.7 Å². The topological polar surface area (TPSA) is 43.7 Å². The first-order valence-electron chi connectivity index (χ1n) is 6.13. The standard InChI is InChI=1S/C13H16ClF2NO2/c14-11-2-1-8(3-12(11)16)13(19)6-17-5-9(15)4-10(17)7-18/h1-3,9-10,13,18-19H,4-7H2. The summed E-state index contributed by atoms with van der Waals surface area (Å²) < 4.78 is 26.6. The van der Waals surface area contributed by atoms with E-state index < -0.39 is 18.1 Å². The Kier molecular flexibility index (Phi) is 4.73. The fourth-order valence-electron chi connectivity index (χ4n) is 2.38. The molecule has 1 saturated heterocycles. The summed E-state index contributed by atoms with van der Waals surface area (Å²) in [6.07, 6.45) is -1.67. The largest absolute Gasteiger partial charge is 0.395 e. The van der Waals surface area contributed by atoms with Crippen LogP contribution < -0.4 is 0 Å². The lowest BCUT2D eigenvalue weighted by molar-refractivity contribution is 0.0838. The molecule has 1 aliphatic heterocycles. The van der Waals surface area contributed by atoms with E-state index in [0.29, 0.717) is 5.56 Å². The highest BCUT2D eigenvalue weighted by atomic mass is 35.5. The van der Waals surface area contributed by atoms with Crippen molar-refractivity contribution in [3.05, 3.63) is 34.6 Å². The molecule has 1 aromatic carbocycles. The second kappa shape index (κ2) is 6.13. The van der Waals surface area contributed by atoms with Gasteiger partial charge in [-0.3, -0.25) is 4.90 Å². The van der Waals surface area contributed by atoms with E-state index in [1.54, 1.807) is 4.90 Å². The van der Waals surface area contributed by atoms with Gasteiger partial charge in [0.1, 0.15) is 12.0 Å². The Morgan fingerprint density at radius 1 is 1.47 bits per heavy atom. The van der Waals surface area contributed by atoms with E-state index in [1.165, 1.54) is 18.2 Å². The van der Waals surface area contributed by atoms with Crippen molar-refractivity contribution in [1.82, 2.24) is 4.90 Å². The molecule has 2 rings (SSSR count). The van der Waals surface area contributed by atoms with Gasteiger partial charge >= 0.3 is 0 Å². The number of hydrogen-bond acceptors (Lipinski definition) is 3. The summed E-state index contributed by atoms with van der Waals surface area (Å²) in [6, 6.07) is 3.79. The Bertz CT molecular complexity index is 447. The zero-order chi connectivity index (χ0) is 14.0.